The van der Waals surface area contributed by atoms with Crippen molar-refractivity contribution in [3.8, 4) is 0 Å². The summed E-state index contributed by atoms with van der Waals surface area (Å²) in [6.07, 6.45) is 3.39. The highest BCUT2D eigenvalue weighted by atomic mass is 16.1. The van der Waals surface area contributed by atoms with Crippen LogP contribution in [-0.4, -0.2) is 5.78 Å². The number of hydrogen-bond donors (Lipinski definition) is 0. The molecule has 1 rings (SSSR count). The Morgan fingerprint density at radius 3 is 2.55 bits per heavy atom. The van der Waals surface area contributed by atoms with E-state index in [-0.39, 0.29) is 5.78 Å². The molecule has 0 radical (unpaired) electrons. The lowest BCUT2D eigenvalue weighted by molar-refractivity contribution is -0.113. The number of allylic oxidation sites excluding steroid dienone is 2. The second-order valence-corrected chi connectivity index (χ2v) is 3.36. The van der Waals surface area contributed by atoms with Crippen LogP contribution < -0.4 is 0 Å². The minimum absolute atomic E-state index is 0.276. The number of hydrogen-bond acceptors (Lipinski definition) is 1. The molecule has 1 unspecified atom stereocenters. The Morgan fingerprint density at radius 1 is 1.64 bits per heavy atom. The van der Waals surface area contributed by atoms with Gasteiger partial charge in [-0.3, -0.25) is 4.79 Å². The number of Topliss-reactive ketones (excluding diaryl/α,β-unsaturated/α-hetero) is 1. The predicted molar refractivity (Wildman–Crippen MR) is 46.4 cm³/mol. The normalized spacial score (nSPS) is 24.5. The fourth-order valence-corrected chi connectivity index (χ4v) is 1.94. The van der Waals surface area contributed by atoms with Crippen molar-refractivity contribution >= 4 is 5.78 Å². The van der Waals surface area contributed by atoms with Gasteiger partial charge in [-0.1, -0.05) is 12.5 Å². The Hall–Kier alpha value is -0.590. The summed E-state index contributed by atoms with van der Waals surface area (Å²) < 4.78 is 0. The topological polar surface area (TPSA) is 17.1 Å². The monoisotopic (exact) mass is 152 g/mol. The Morgan fingerprint density at radius 2 is 2.27 bits per heavy atom. The van der Waals surface area contributed by atoms with Gasteiger partial charge in [0.1, 0.15) is 0 Å². The Balaban J connectivity index is 2.80. The van der Waals surface area contributed by atoms with Crippen LogP contribution in [0.5, 0.6) is 0 Å². The molecule has 1 nitrogen and oxygen atoms in total. The van der Waals surface area contributed by atoms with Gasteiger partial charge in [0.05, 0.1) is 0 Å². The first-order chi connectivity index (χ1) is 5.16. The largest absolute Gasteiger partial charge is 0.295 e. The van der Waals surface area contributed by atoms with Crippen LogP contribution in [0.15, 0.2) is 11.1 Å². The molecule has 1 aliphatic carbocycles. The van der Waals surface area contributed by atoms with E-state index < -0.39 is 0 Å². The van der Waals surface area contributed by atoms with Crippen LogP contribution in [0.2, 0.25) is 0 Å². The highest BCUT2D eigenvalue weighted by Gasteiger charge is 2.22. The molecule has 0 aromatic heterocycles. The summed E-state index contributed by atoms with van der Waals surface area (Å²) in [7, 11) is 0. The smallest absolute Gasteiger partial charge is 0.155 e. The van der Waals surface area contributed by atoms with Gasteiger partial charge in [0.25, 0.3) is 0 Å². The number of carbonyl (C=O) groups excluding carboxylic acids is 1. The van der Waals surface area contributed by atoms with Crippen LogP contribution in [0.1, 0.15) is 40.0 Å². The summed E-state index contributed by atoms with van der Waals surface area (Å²) in [6.45, 7) is 5.98. The lowest BCUT2D eigenvalue weighted by Crippen LogP contribution is -1.97. The van der Waals surface area contributed by atoms with Crippen LogP contribution in [0, 0.1) is 5.92 Å². The van der Waals surface area contributed by atoms with Crippen LogP contribution in [0.4, 0.5) is 0 Å². The van der Waals surface area contributed by atoms with Crippen molar-refractivity contribution < 1.29 is 4.79 Å². The van der Waals surface area contributed by atoms with Crippen LogP contribution in [-0.2, 0) is 4.79 Å². The van der Waals surface area contributed by atoms with E-state index in [1.54, 1.807) is 6.92 Å². The molecule has 11 heavy (non-hydrogen) atoms. The summed E-state index contributed by atoms with van der Waals surface area (Å²) in [5.41, 5.74) is 2.44. The fraction of sp³-hybridized carbons (Fsp3) is 0.700. The predicted octanol–water partition coefficient (Wildman–Crippen LogP) is 2.71. The van der Waals surface area contributed by atoms with Gasteiger partial charge >= 0.3 is 0 Å². The van der Waals surface area contributed by atoms with Crippen molar-refractivity contribution in [2.45, 2.75) is 40.0 Å². The van der Waals surface area contributed by atoms with Gasteiger partial charge in [-0.25, -0.2) is 0 Å². The van der Waals surface area contributed by atoms with Gasteiger partial charge in [0.2, 0.25) is 0 Å². The summed E-state index contributed by atoms with van der Waals surface area (Å²) >= 11 is 0. The molecule has 62 valence electrons. The SMILES string of the molecule is CCC1CCC(C(C)=O)=C1C. The van der Waals surface area contributed by atoms with E-state index in [9.17, 15) is 4.79 Å². The van der Waals surface area contributed by atoms with E-state index in [4.69, 9.17) is 0 Å². The summed E-state index contributed by atoms with van der Waals surface area (Å²) in [4.78, 5) is 11.1. The maximum absolute atomic E-state index is 11.1. The van der Waals surface area contributed by atoms with Crippen LogP contribution in [0.3, 0.4) is 0 Å². The molecule has 0 aromatic carbocycles. The molecule has 0 aliphatic heterocycles. The maximum Gasteiger partial charge on any atom is 0.155 e. The zero-order valence-electron chi connectivity index (χ0n) is 7.61. The van der Waals surface area contributed by atoms with Crippen LogP contribution >= 0.6 is 0 Å². The second-order valence-electron chi connectivity index (χ2n) is 3.36. The standard InChI is InChI=1S/C10H16O/c1-4-9-5-6-10(7(9)2)8(3)11/h9H,4-6H2,1-3H3. The average molecular weight is 152 g/mol. The third-order valence-electron chi connectivity index (χ3n) is 2.75. The van der Waals surface area contributed by atoms with Gasteiger partial charge in [-0.15, -0.1) is 0 Å². The van der Waals surface area contributed by atoms with E-state index in [0.29, 0.717) is 5.92 Å². The van der Waals surface area contributed by atoms with Crippen molar-refractivity contribution in [3.05, 3.63) is 11.1 Å². The highest BCUT2D eigenvalue weighted by Crippen LogP contribution is 2.33. The van der Waals surface area contributed by atoms with Crippen molar-refractivity contribution in [2.24, 2.45) is 5.92 Å². The molecule has 0 N–H and O–H groups in total. The highest BCUT2D eigenvalue weighted by molar-refractivity contribution is 5.94. The van der Waals surface area contributed by atoms with E-state index in [2.05, 4.69) is 13.8 Å². The second kappa shape index (κ2) is 3.21. The van der Waals surface area contributed by atoms with Crippen molar-refractivity contribution in [3.63, 3.8) is 0 Å². The van der Waals surface area contributed by atoms with Gasteiger partial charge < -0.3 is 0 Å². The van der Waals surface area contributed by atoms with Gasteiger partial charge in [-0.05, 0) is 44.6 Å². The number of ketones is 1. The molecular weight excluding hydrogens is 136 g/mol. The number of carbonyl (C=O) groups is 1. The summed E-state index contributed by atoms with van der Waals surface area (Å²) in [5, 5.41) is 0. The summed E-state index contributed by atoms with van der Waals surface area (Å²) in [6, 6.07) is 0. The molecule has 0 saturated heterocycles. The third-order valence-corrected chi connectivity index (χ3v) is 2.75. The molecule has 0 aromatic rings. The van der Waals surface area contributed by atoms with Crippen molar-refractivity contribution in [1.82, 2.24) is 0 Å². The average Bonchev–Trinajstić information content (AvgIpc) is 2.30. The molecule has 0 amide bonds. The van der Waals surface area contributed by atoms with Crippen LogP contribution in [0.25, 0.3) is 0 Å². The molecule has 0 fully saturated rings. The molecule has 1 atom stereocenters. The number of rotatable bonds is 2. The van der Waals surface area contributed by atoms with E-state index in [1.165, 1.54) is 18.4 Å². The molecule has 0 spiro atoms. The Bertz CT molecular complexity index is 201. The first-order valence-corrected chi connectivity index (χ1v) is 4.37. The van der Waals surface area contributed by atoms with Gasteiger partial charge in [0.15, 0.2) is 5.78 Å². The van der Waals surface area contributed by atoms with E-state index in [1.807, 2.05) is 0 Å². The molecule has 0 bridgehead atoms. The van der Waals surface area contributed by atoms with Crippen molar-refractivity contribution in [2.75, 3.05) is 0 Å². The minimum Gasteiger partial charge on any atom is -0.295 e. The minimum atomic E-state index is 0.276. The van der Waals surface area contributed by atoms with Crippen molar-refractivity contribution in [1.29, 1.82) is 0 Å². The molecule has 1 heteroatoms. The zero-order chi connectivity index (χ0) is 8.43. The molecule has 1 aliphatic rings. The van der Waals surface area contributed by atoms with E-state index in [0.717, 1.165) is 12.0 Å². The Kier molecular flexibility index (Phi) is 2.48. The quantitative estimate of drug-likeness (QED) is 0.594. The molecular formula is C10H16O. The molecule has 0 heterocycles. The molecule has 0 saturated carbocycles. The zero-order valence-corrected chi connectivity index (χ0v) is 7.61. The summed E-state index contributed by atoms with van der Waals surface area (Å²) in [5.74, 6) is 0.965. The fourth-order valence-electron chi connectivity index (χ4n) is 1.94. The lowest BCUT2D eigenvalue weighted by Gasteiger charge is -2.06. The van der Waals surface area contributed by atoms with Gasteiger partial charge in [-0.2, -0.15) is 0 Å². The first kappa shape index (κ1) is 8.51. The maximum atomic E-state index is 11.1. The first-order valence-electron chi connectivity index (χ1n) is 4.37. The third kappa shape index (κ3) is 1.52. The van der Waals surface area contributed by atoms with Gasteiger partial charge in [0, 0.05) is 0 Å². The van der Waals surface area contributed by atoms with E-state index >= 15 is 0 Å². The Labute approximate surface area is 68.5 Å². The lowest BCUT2D eigenvalue weighted by atomic mass is 9.99.